The third-order valence-electron chi connectivity index (χ3n) is 4.91. The minimum absolute atomic E-state index is 0.101. The lowest BCUT2D eigenvalue weighted by molar-refractivity contribution is -0.116. The zero-order valence-electron chi connectivity index (χ0n) is 14.1. The zero-order chi connectivity index (χ0) is 16.4. The number of rotatable bonds is 3. The molecule has 0 saturated carbocycles. The Kier molecular flexibility index (Phi) is 4.20. The highest BCUT2D eigenvalue weighted by Crippen LogP contribution is 2.31. The van der Waals surface area contributed by atoms with Gasteiger partial charge in [0.1, 0.15) is 5.82 Å². The molecular formula is C17H24N6O. The lowest BCUT2D eigenvalue weighted by Gasteiger charge is -2.48. The van der Waals surface area contributed by atoms with Gasteiger partial charge >= 0.3 is 0 Å². The number of nitrogens with zero attached hydrogens (tertiary/aromatic N) is 6. The quantitative estimate of drug-likeness (QED) is 0.840. The van der Waals surface area contributed by atoms with Gasteiger partial charge in [0.2, 0.25) is 0 Å². The molecule has 0 amide bonds. The van der Waals surface area contributed by atoms with Crippen molar-refractivity contribution in [3.8, 4) is 0 Å². The molecule has 1 unspecified atom stereocenters. The summed E-state index contributed by atoms with van der Waals surface area (Å²) in [6, 6.07) is 0. The second-order valence-electron chi connectivity index (χ2n) is 6.85. The van der Waals surface area contributed by atoms with E-state index in [1.807, 2.05) is 24.1 Å². The number of piperidine rings is 1. The molecule has 0 aliphatic carbocycles. The normalized spacial score (nSPS) is 25.3. The number of hydrogen-bond acceptors (Lipinski definition) is 6. The highest BCUT2D eigenvalue weighted by Gasteiger charge is 2.40. The maximum atomic E-state index is 6.28. The van der Waals surface area contributed by atoms with Crippen molar-refractivity contribution in [2.24, 2.45) is 7.05 Å². The van der Waals surface area contributed by atoms with Crippen molar-refractivity contribution in [1.82, 2.24) is 24.6 Å². The second kappa shape index (κ2) is 6.49. The first-order valence-electron chi connectivity index (χ1n) is 8.57. The zero-order valence-corrected chi connectivity index (χ0v) is 14.1. The summed E-state index contributed by atoms with van der Waals surface area (Å²) in [5.41, 5.74) is 1.16. The lowest BCUT2D eigenvalue weighted by Crippen LogP contribution is -2.59. The van der Waals surface area contributed by atoms with Gasteiger partial charge in [0, 0.05) is 63.9 Å². The Hall–Kier alpha value is -1.99. The molecule has 2 fully saturated rings. The summed E-state index contributed by atoms with van der Waals surface area (Å²) in [5, 5.41) is 4.27. The summed E-state index contributed by atoms with van der Waals surface area (Å²) in [7, 11) is 1.96. The predicted octanol–water partition coefficient (Wildman–Crippen LogP) is 1.08. The fraction of sp³-hybridized carbons (Fsp3) is 0.588. The van der Waals surface area contributed by atoms with Gasteiger partial charge in [-0.25, -0.2) is 4.98 Å². The Morgan fingerprint density at radius 3 is 2.96 bits per heavy atom. The van der Waals surface area contributed by atoms with E-state index in [4.69, 9.17) is 4.74 Å². The van der Waals surface area contributed by atoms with Crippen molar-refractivity contribution >= 4 is 5.82 Å². The van der Waals surface area contributed by atoms with Crippen LogP contribution in [0, 0.1) is 0 Å². The Bertz CT molecular complexity index is 671. The molecule has 2 aromatic heterocycles. The van der Waals surface area contributed by atoms with Gasteiger partial charge in [0.25, 0.3) is 0 Å². The largest absolute Gasteiger partial charge is 0.370 e. The molecule has 1 atom stereocenters. The third-order valence-corrected chi connectivity index (χ3v) is 4.91. The molecule has 24 heavy (non-hydrogen) atoms. The van der Waals surface area contributed by atoms with Gasteiger partial charge in [0.15, 0.2) is 0 Å². The fourth-order valence-corrected chi connectivity index (χ4v) is 3.87. The van der Waals surface area contributed by atoms with Crippen molar-refractivity contribution in [1.29, 1.82) is 0 Å². The molecule has 0 aromatic carbocycles. The van der Waals surface area contributed by atoms with Gasteiger partial charge in [-0.2, -0.15) is 5.10 Å². The molecule has 0 N–H and O–H groups in total. The Morgan fingerprint density at radius 1 is 1.21 bits per heavy atom. The molecule has 0 radical (unpaired) electrons. The molecule has 1 spiro atoms. The van der Waals surface area contributed by atoms with Gasteiger partial charge in [-0.05, 0) is 12.8 Å². The van der Waals surface area contributed by atoms with Crippen LogP contribution in [0.4, 0.5) is 5.82 Å². The van der Waals surface area contributed by atoms with E-state index in [0.717, 1.165) is 58.0 Å². The van der Waals surface area contributed by atoms with Crippen LogP contribution in [0.2, 0.25) is 0 Å². The number of anilines is 1. The lowest BCUT2D eigenvalue weighted by atomic mass is 9.90. The van der Waals surface area contributed by atoms with Crippen LogP contribution in [-0.4, -0.2) is 63.0 Å². The van der Waals surface area contributed by atoms with Crippen LogP contribution in [0.1, 0.15) is 18.4 Å². The van der Waals surface area contributed by atoms with Gasteiger partial charge in [-0.1, -0.05) is 0 Å². The van der Waals surface area contributed by atoms with Crippen LogP contribution in [-0.2, 0) is 18.3 Å². The molecule has 0 bridgehead atoms. The third kappa shape index (κ3) is 3.27. The predicted molar refractivity (Wildman–Crippen MR) is 90.6 cm³/mol. The van der Waals surface area contributed by atoms with E-state index in [0.29, 0.717) is 0 Å². The van der Waals surface area contributed by atoms with Crippen LogP contribution in [0.5, 0.6) is 0 Å². The van der Waals surface area contributed by atoms with E-state index in [-0.39, 0.29) is 5.60 Å². The first-order valence-corrected chi connectivity index (χ1v) is 8.57. The summed E-state index contributed by atoms with van der Waals surface area (Å²) >= 11 is 0. The van der Waals surface area contributed by atoms with Crippen molar-refractivity contribution in [2.45, 2.75) is 25.0 Å². The standard InChI is InChI=1S/C17H24N6O/c1-21-11-15(9-20-21)12-22-7-8-24-17(13-22)3-2-6-23(14-17)16-10-18-4-5-19-16/h4-5,9-11H,2-3,6-8,12-14H2,1H3. The molecule has 7 heteroatoms. The summed E-state index contributed by atoms with van der Waals surface area (Å²) in [6.07, 6.45) is 11.6. The molecule has 2 aliphatic rings. The SMILES string of the molecule is Cn1cc(CN2CCOC3(CCCN(c4cnccn4)C3)C2)cn1. The number of hydrogen-bond donors (Lipinski definition) is 0. The van der Waals surface area contributed by atoms with E-state index in [9.17, 15) is 0 Å². The Balaban J connectivity index is 1.45. The molecule has 7 nitrogen and oxygen atoms in total. The molecular weight excluding hydrogens is 304 g/mol. The molecule has 4 rings (SSSR count). The summed E-state index contributed by atoms with van der Waals surface area (Å²) < 4.78 is 8.14. The maximum Gasteiger partial charge on any atom is 0.147 e. The van der Waals surface area contributed by atoms with Gasteiger partial charge in [-0.3, -0.25) is 14.6 Å². The second-order valence-corrected chi connectivity index (χ2v) is 6.85. The van der Waals surface area contributed by atoms with Gasteiger partial charge in [-0.15, -0.1) is 0 Å². The van der Waals surface area contributed by atoms with Crippen molar-refractivity contribution in [3.63, 3.8) is 0 Å². The summed E-state index contributed by atoms with van der Waals surface area (Å²) in [6.45, 7) is 5.56. The smallest absolute Gasteiger partial charge is 0.147 e. The Labute approximate surface area is 142 Å². The summed E-state index contributed by atoms with van der Waals surface area (Å²) in [4.78, 5) is 13.5. The molecule has 128 valence electrons. The van der Waals surface area contributed by atoms with Crippen LogP contribution in [0.15, 0.2) is 31.0 Å². The highest BCUT2D eigenvalue weighted by molar-refractivity contribution is 5.36. The van der Waals surface area contributed by atoms with Crippen LogP contribution >= 0.6 is 0 Å². The number of ether oxygens (including phenoxy) is 1. The number of aryl methyl sites for hydroxylation is 1. The van der Waals surface area contributed by atoms with Crippen LogP contribution in [0.25, 0.3) is 0 Å². The van der Waals surface area contributed by atoms with Crippen molar-refractivity contribution in [2.75, 3.05) is 37.7 Å². The minimum Gasteiger partial charge on any atom is -0.370 e. The monoisotopic (exact) mass is 328 g/mol. The topological polar surface area (TPSA) is 59.3 Å². The van der Waals surface area contributed by atoms with E-state index in [1.165, 1.54) is 5.56 Å². The van der Waals surface area contributed by atoms with Gasteiger partial charge < -0.3 is 9.64 Å². The van der Waals surface area contributed by atoms with E-state index >= 15 is 0 Å². The molecule has 2 aliphatic heterocycles. The van der Waals surface area contributed by atoms with Crippen molar-refractivity contribution in [3.05, 3.63) is 36.5 Å². The molecule has 2 saturated heterocycles. The van der Waals surface area contributed by atoms with E-state index in [2.05, 4.69) is 31.1 Å². The maximum absolute atomic E-state index is 6.28. The molecule has 4 heterocycles. The van der Waals surface area contributed by atoms with E-state index < -0.39 is 0 Å². The first kappa shape index (κ1) is 15.5. The van der Waals surface area contributed by atoms with E-state index in [1.54, 1.807) is 12.4 Å². The van der Waals surface area contributed by atoms with Crippen LogP contribution < -0.4 is 4.90 Å². The summed E-state index contributed by atoms with van der Waals surface area (Å²) in [5.74, 6) is 0.949. The number of morpholine rings is 1. The fourth-order valence-electron chi connectivity index (χ4n) is 3.87. The average molecular weight is 328 g/mol. The Morgan fingerprint density at radius 2 is 2.17 bits per heavy atom. The highest BCUT2D eigenvalue weighted by atomic mass is 16.5. The minimum atomic E-state index is -0.101. The average Bonchev–Trinajstić information content (AvgIpc) is 3.01. The molecule has 2 aromatic rings. The van der Waals surface area contributed by atoms with Crippen molar-refractivity contribution < 1.29 is 4.74 Å². The van der Waals surface area contributed by atoms with Gasteiger partial charge in [0.05, 0.1) is 24.6 Å². The number of aromatic nitrogens is 4. The first-order chi connectivity index (χ1) is 11.7. The van der Waals surface area contributed by atoms with Crippen LogP contribution in [0.3, 0.4) is 0 Å².